The Labute approximate surface area is 163 Å². The zero-order chi connectivity index (χ0) is 18.7. The minimum absolute atomic E-state index is 0.0702. The van der Waals surface area contributed by atoms with E-state index in [0.29, 0.717) is 5.82 Å². The van der Waals surface area contributed by atoms with E-state index >= 15 is 0 Å². The molecule has 3 rings (SSSR count). The normalized spacial score (nSPS) is 11.5. The van der Waals surface area contributed by atoms with Crippen LogP contribution in [0.4, 0.5) is 0 Å². The monoisotopic (exact) mass is 457 g/mol. The van der Waals surface area contributed by atoms with E-state index in [-0.39, 0.29) is 28.1 Å². The number of ether oxygens (including phenoxy) is 1. The summed E-state index contributed by atoms with van der Waals surface area (Å²) >= 11 is 9.26. The van der Waals surface area contributed by atoms with E-state index in [1.807, 2.05) is 24.3 Å². The molecular weight excluding hydrogens is 446 g/mol. The second kappa shape index (κ2) is 7.75. The van der Waals surface area contributed by atoms with Crippen LogP contribution in [0.1, 0.15) is 5.89 Å². The van der Waals surface area contributed by atoms with Crippen LogP contribution in [0.15, 0.2) is 56.4 Å². The van der Waals surface area contributed by atoms with Gasteiger partial charge in [0.2, 0.25) is 21.7 Å². The van der Waals surface area contributed by atoms with Gasteiger partial charge in [-0.25, -0.2) is 13.1 Å². The molecule has 2 aromatic carbocycles. The Bertz CT molecular complexity index is 1040. The molecule has 0 unspecified atom stereocenters. The lowest BCUT2D eigenvalue weighted by Gasteiger charge is -2.09. The maximum Gasteiger partial charge on any atom is 0.244 e. The first-order chi connectivity index (χ1) is 12.4. The summed E-state index contributed by atoms with van der Waals surface area (Å²) in [6.45, 7) is -0.168. The van der Waals surface area contributed by atoms with Crippen LogP contribution in [0, 0.1) is 0 Å². The topological polar surface area (TPSA) is 94.3 Å². The van der Waals surface area contributed by atoms with Gasteiger partial charge in [-0.2, -0.15) is 4.98 Å². The molecule has 0 saturated heterocycles. The molecule has 0 atom stereocenters. The Hall–Kier alpha value is -1.94. The molecule has 0 aliphatic carbocycles. The smallest absolute Gasteiger partial charge is 0.244 e. The predicted octanol–water partition coefficient (Wildman–Crippen LogP) is 3.64. The summed E-state index contributed by atoms with van der Waals surface area (Å²) in [7, 11) is -2.50. The summed E-state index contributed by atoms with van der Waals surface area (Å²) in [6.07, 6.45) is 0. The van der Waals surface area contributed by atoms with E-state index in [1.54, 1.807) is 6.07 Å². The lowest BCUT2D eigenvalue weighted by molar-refractivity contribution is 0.375. The Morgan fingerprint density at radius 2 is 2.08 bits per heavy atom. The van der Waals surface area contributed by atoms with E-state index in [0.717, 1.165) is 10.0 Å². The predicted molar refractivity (Wildman–Crippen MR) is 99.5 cm³/mol. The summed E-state index contributed by atoms with van der Waals surface area (Å²) in [5, 5.41) is 4.14. The highest BCUT2D eigenvalue weighted by molar-refractivity contribution is 9.10. The van der Waals surface area contributed by atoms with E-state index in [1.165, 1.54) is 19.2 Å². The highest BCUT2D eigenvalue weighted by atomic mass is 79.9. The van der Waals surface area contributed by atoms with Crippen molar-refractivity contribution in [2.24, 2.45) is 0 Å². The van der Waals surface area contributed by atoms with Gasteiger partial charge in [0.25, 0.3) is 0 Å². The Kier molecular flexibility index (Phi) is 5.61. The summed E-state index contributed by atoms with van der Waals surface area (Å²) in [6, 6.07) is 11.7. The van der Waals surface area contributed by atoms with Gasteiger partial charge >= 0.3 is 0 Å². The Balaban J connectivity index is 1.78. The first-order valence-corrected chi connectivity index (χ1v) is 9.96. The molecule has 1 heterocycles. The maximum atomic E-state index is 12.5. The number of rotatable bonds is 6. The molecule has 136 valence electrons. The number of methoxy groups -OCH3 is 1. The number of nitrogens with zero attached hydrogens (tertiary/aromatic N) is 2. The van der Waals surface area contributed by atoms with Crippen LogP contribution in [-0.4, -0.2) is 25.7 Å². The average Bonchev–Trinajstić information content (AvgIpc) is 3.09. The van der Waals surface area contributed by atoms with Gasteiger partial charge in [-0.1, -0.05) is 44.8 Å². The van der Waals surface area contributed by atoms with Gasteiger partial charge in [0.05, 0.1) is 13.7 Å². The first kappa shape index (κ1) is 18.8. The molecule has 1 aromatic heterocycles. The van der Waals surface area contributed by atoms with Gasteiger partial charge in [-0.3, -0.25) is 0 Å². The Morgan fingerprint density at radius 1 is 1.27 bits per heavy atom. The van der Waals surface area contributed by atoms with E-state index in [4.69, 9.17) is 20.9 Å². The SMILES string of the molecule is COc1ccc(Cl)cc1S(=O)(=O)NCc1nc(-c2cccc(Br)c2)no1. The molecule has 0 aliphatic rings. The number of benzene rings is 2. The van der Waals surface area contributed by atoms with Crippen molar-refractivity contribution in [1.82, 2.24) is 14.9 Å². The van der Waals surface area contributed by atoms with Gasteiger partial charge < -0.3 is 9.26 Å². The minimum Gasteiger partial charge on any atom is -0.495 e. The van der Waals surface area contributed by atoms with Crippen molar-refractivity contribution >= 4 is 37.6 Å². The van der Waals surface area contributed by atoms with Crippen molar-refractivity contribution in [3.63, 3.8) is 0 Å². The van der Waals surface area contributed by atoms with Crippen molar-refractivity contribution in [1.29, 1.82) is 0 Å². The van der Waals surface area contributed by atoms with Crippen molar-refractivity contribution in [2.45, 2.75) is 11.4 Å². The van der Waals surface area contributed by atoms with Crippen LogP contribution < -0.4 is 9.46 Å². The highest BCUT2D eigenvalue weighted by Gasteiger charge is 2.21. The van der Waals surface area contributed by atoms with Gasteiger partial charge in [-0.15, -0.1) is 0 Å². The fourth-order valence-corrected chi connectivity index (χ4v) is 3.97. The van der Waals surface area contributed by atoms with Gasteiger partial charge in [0.15, 0.2) is 0 Å². The number of hydrogen-bond donors (Lipinski definition) is 1. The van der Waals surface area contributed by atoms with Crippen LogP contribution in [0.2, 0.25) is 5.02 Å². The molecule has 0 fully saturated rings. The zero-order valence-corrected chi connectivity index (χ0v) is 16.6. The summed E-state index contributed by atoms with van der Waals surface area (Å²) in [5.41, 5.74) is 0.744. The quantitative estimate of drug-likeness (QED) is 0.606. The van der Waals surface area contributed by atoms with Crippen LogP contribution in [0.25, 0.3) is 11.4 Å². The molecule has 0 amide bonds. The molecule has 0 saturated carbocycles. The second-order valence-electron chi connectivity index (χ2n) is 5.14. The van der Waals surface area contributed by atoms with E-state index in [2.05, 4.69) is 30.8 Å². The summed E-state index contributed by atoms with van der Waals surface area (Å²) in [4.78, 5) is 4.13. The van der Waals surface area contributed by atoms with Crippen molar-refractivity contribution in [3.05, 3.63) is 57.9 Å². The minimum atomic E-state index is -3.88. The van der Waals surface area contributed by atoms with Gasteiger partial charge in [0.1, 0.15) is 10.6 Å². The van der Waals surface area contributed by atoms with Gasteiger partial charge in [0, 0.05) is 15.1 Å². The molecule has 0 spiro atoms. The lowest BCUT2D eigenvalue weighted by atomic mass is 10.2. The van der Waals surface area contributed by atoms with Crippen LogP contribution in [0.5, 0.6) is 5.75 Å². The molecule has 0 aliphatic heterocycles. The third kappa shape index (κ3) is 4.24. The van der Waals surface area contributed by atoms with Crippen molar-refractivity contribution in [2.75, 3.05) is 7.11 Å². The highest BCUT2D eigenvalue weighted by Crippen LogP contribution is 2.27. The second-order valence-corrected chi connectivity index (χ2v) is 8.23. The maximum absolute atomic E-state index is 12.5. The molecule has 7 nitrogen and oxygen atoms in total. The fraction of sp³-hybridized carbons (Fsp3) is 0.125. The molecule has 0 radical (unpaired) electrons. The largest absolute Gasteiger partial charge is 0.495 e. The molecule has 0 bridgehead atoms. The third-order valence-corrected chi connectivity index (χ3v) is 5.53. The molecule has 10 heteroatoms. The van der Waals surface area contributed by atoms with E-state index in [9.17, 15) is 8.42 Å². The van der Waals surface area contributed by atoms with Crippen LogP contribution >= 0.6 is 27.5 Å². The molecule has 26 heavy (non-hydrogen) atoms. The molecule has 1 N–H and O–H groups in total. The third-order valence-electron chi connectivity index (χ3n) is 3.38. The van der Waals surface area contributed by atoms with Crippen LogP contribution in [-0.2, 0) is 16.6 Å². The van der Waals surface area contributed by atoms with Gasteiger partial charge in [-0.05, 0) is 30.3 Å². The summed E-state index contributed by atoms with van der Waals surface area (Å²) in [5.74, 6) is 0.674. The number of aromatic nitrogens is 2. The van der Waals surface area contributed by atoms with Crippen LogP contribution in [0.3, 0.4) is 0 Å². The number of hydrogen-bond acceptors (Lipinski definition) is 6. The van der Waals surface area contributed by atoms with E-state index < -0.39 is 10.0 Å². The zero-order valence-electron chi connectivity index (χ0n) is 13.4. The molecule has 3 aromatic rings. The lowest BCUT2D eigenvalue weighted by Crippen LogP contribution is -2.24. The number of sulfonamides is 1. The standard InChI is InChI=1S/C16H13BrClN3O4S/c1-24-13-6-5-12(18)8-14(13)26(22,23)19-9-15-20-16(21-25-15)10-3-2-4-11(17)7-10/h2-8,19H,9H2,1H3. The summed E-state index contributed by atoms with van der Waals surface area (Å²) < 4.78 is 38.5. The fourth-order valence-electron chi connectivity index (χ4n) is 2.17. The number of halogens is 2. The first-order valence-electron chi connectivity index (χ1n) is 7.31. The Morgan fingerprint density at radius 3 is 2.81 bits per heavy atom. The number of nitrogens with one attached hydrogen (secondary N) is 1. The van der Waals surface area contributed by atoms with Crippen molar-refractivity contribution in [3.8, 4) is 17.1 Å². The van der Waals surface area contributed by atoms with Crippen molar-refractivity contribution < 1.29 is 17.7 Å². The average molecular weight is 459 g/mol. The molecular formula is C16H13BrClN3O4S.